The van der Waals surface area contributed by atoms with E-state index in [4.69, 9.17) is 0 Å². The second-order valence-corrected chi connectivity index (χ2v) is 9.58. The molecule has 2 saturated heterocycles. The molecule has 2 aromatic rings. The van der Waals surface area contributed by atoms with Crippen molar-refractivity contribution in [1.29, 1.82) is 0 Å². The van der Waals surface area contributed by atoms with Crippen LogP contribution in [0.3, 0.4) is 0 Å². The third kappa shape index (κ3) is 3.73. The quantitative estimate of drug-likeness (QED) is 0.791. The highest BCUT2D eigenvalue weighted by atomic mass is 19.1. The molecule has 2 aliphatic heterocycles. The number of halogens is 1. The van der Waals surface area contributed by atoms with Crippen molar-refractivity contribution in [2.75, 3.05) is 13.1 Å². The van der Waals surface area contributed by atoms with Gasteiger partial charge in [-0.3, -0.25) is 14.5 Å². The standard InChI is InChI=1S/C24H31FN4O2/c1-14-6-9-21(25)20-11-22(27-23(14)20)24(31)26-16-4-3-5-17(10-16)29-18-7-8-19(29)13-28(12-18)15(2)30/h6,9,11,16-19,27H,3-5,7-8,10,12-13H2,1-2H3,(H,26,31)/t16-,17+,18?,19?/m1/s1. The molecule has 3 heterocycles. The number of hydrogen-bond acceptors (Lipinski definition) is 3. The molecule has 0 radical (unpaired) electrons. The van der Waals surface area contributed by atoms with Crippen LogP contribution in [0.15, 0.2) is 18.2 Å². The average Bonchev–Trinajstić information content (AvgIpc) is 3.31. The topological polar surface area (TPSA) is 68.4 Å². The Morgan fingerprint density at radius 3 is 2.52 bits per heavy atom. The molecule has 2 N–H and O–H groups in total. The summed E-state index contributed by atoms with van der Waals surface area (Å²) in [7, 11) is 0. The number of carbonyl (C=O) groups is 2. The number of aryl methyl sites for hydroxylation is 1. The minimum atomic E-state index is -0.311. The lowest BCUT2D eigenvalue weighted by Gasteiger charge is -2.47. The Morgan fingerprint density at radius 2 is 1.84 bits per heavy atom. The molecule has 3 aliphatic rings. The Bertz CT molecular complexity index is 965. The lowest BCUT2D eigenvalue weighted by atomic mass is 9.88. The number of H-pyrrole nitrogens is 1. The van der Waals surface area contributed by atoms with Crippen LogP contribution in [-0.2, 0) is 4.79 Å². The van der Waals surface area contributed by atoms with Gasteiger partial charge >= 0.3 is 0 Å². The minimum Gasteiger partial charge on any atom is -0.350 e. The zero-order chi connectivity index (χ0) is 21.7. The summed E-state index contributed by atoms with van der Waals surface area (Å²) in [5.74, 6) is -0.297. The van der Waals surface area contributed by atoms with Gasteiger partial charge in [0, 0.05) is 49.6 Å². The maximum Gasteiger partial charge on any atom is 0.267 e. The van der Waals surface area contributed by atoms with Gasteiger partial charge in [-0.05, 0) is 63.1 Å². The van der Waals surface area contributed by atoms with Gasteiger partial charge in [0.1, 0.15) is 11.5 Å². The molecule has 1 aromatic carbocycles. The number of nitrogens with zero attached hydrogens (tertiary/aromatic N) is 2. The molecule has 2 amide bonds. The summed E-state index contributed by atoms with van der Waals surface area (Å²) in [5.41, 5.74) is 2.03. The first-order valence-electron chi connectivity index (χ1n) is 11.5. The van der Waals surface area contributed by atoms with E-state index in [1.165, 1.54) is 6.07 Å². The molecular weight excluding hydrogens is 395 g/mol. The van der Waals surface area contributed by atoms with Gasteiger partial charge < -0.3 is 15.2 Å². The van der Waals surface area contributed by atoms with E-state index < -0.39 is 0 Å². The van der Waals surface area contributed by atoms with Crippen LogP contribution in [0.4, 0.5) is 4.39 Å². The molecule has 1 aliphatic carbocycles. The van der Waals surface area contributed by atoms with Crippen LogP contribution in [0.2, 0.25) is 0 Å². The molecule has 7 heteroatoms. The molecule has 6 nitrogen and oxygen atoms in total. The summed E-state index contributed by atoms with van der Waals surface area (Å²) >= 11 is 0. The van der Waals surface area contributed by atoms with Gasteiger partial charge in [0.2, 0.25) is 5.91 Å². The maximum absolute atomic E-state index is 14.1. The monoisotopic (exact) mass is 426 g/mol. The Labute approximate surface area is 182 Å². The van der Waals surface area contributed by atoms with E-state index in [2.05, 4.69) is 15.2 Å². The number of nitrogens with one attached hydrogen (secondary N) is 2. The zero-order valence-electron chi connectivity index (χ0n) is 18.3. The van der Waals surface area contributed by atoms with E-state index in [9.17, 15) is 14.0 Å². The van der Waals surface area contributed by atoms with Crippen molar-refractivity contribution in [2.45, 2.75) is 76.5 Å². The number of fused-ring (bicyclic) bond motifs is 3. The third-order valence-electron chi connectivity index (χ3n) is 7.58. The predicted octanol–water partition coefficient (Wildman–Crippen LogP) is 3.35. The first-order valence-corrected chi connectivity index (χ1v) is 11.5. The molecule has 1 aromatic heterocycles. The molecule has 166 valence electrons. The largest absolute Gasteiger partial charge is 0.350 e. The first kappa shape index (κ1) is 20.5. The SMILES string of the molecule is CC(=O)N1CC2CCC(C1)N2[C@H]1CCC[C@@H](NC(=O)c2cc3c(F)ccc(C)c3[nH]2)C1. The molecule has 1 saturated carbocycles. The highest BCUT2D eigenvalue weighted by molar-refractivity contribution is 5.99. The normalized spacial score (nSPS) is 28.8. The number of rotatable bonds is 3. The fourth-order valence-corrected chi connectivity index (χ4v) is 6.07. The van der Waals surface area contributed by atoms with Gasteiger partial charge in [0.15, 0.2) is 0 Å². The number of carbonyl (C=O) groups excluding carboxylic acids is 2. The summed E-state index contributed by atoms with van der Waals surface area (Å²) in [6, 6.07) is 6.25. The Hall–Kier alpha value is -2.41. The van der Waals surface area contributed by atoms with Crippen LogP contribution in [-0.4, -0.2) is 63.9 Å². The van der Waals surface area contributed by atoms with E-state index >= 15 is 0 Å². The van der Waals surface area contributed by atoms with Gasteiger partial charge in [-0.25, -0.2) is 4.39 Å². The molecule has 2 unspecified atom stereocenters. The van der Waals surface area contributed by atoms with E-state index in [-0.39, 0.29) is 23.7 Å². The van der Waals surface area contributed by atoms with Crippen LogP contribution >= 0.6 is 0 Å². The fraction of sp³-hybridized carbons (Fsp3) is 0.583. The number of benzene rings is 1. The highest BCUT2D eigenvalue weighted by Gasteiger charge is 2.44. The number of aromatic amines is 1. The number of hydrogen-bond donors (Lipinski definition) is 2. The molecule has 5 rings (SSSR count). The smallest absolute Gasteiger partial charge is 0.267 e. The molecule has 3 fully saturated rings. The number of likely N-dealkylation sites (tertiary alicyclic amines) is 1. The summed E-state index contributed by atoms with van der Waals surface area (Å²) in [4.78, 5) is 32.5. The summed E-state index contributed by atoms with van der Waals surface area (Å²) < 4.78 is 14.1. The summed E-state index contributed by atoms with van der Waals surface area (Å²) in [6.45, 7) is 5.24. The summed E-state index contributed by atoms with van der Waals surface area (Å²) in [6.07, 6.45) is 6.45. The lowest BCUT2D eigenvalue weighted by Crippen LogP contribution is -2.59. The molecule has 4 atom stereocenters. The van der Waals surface area contributed by atoms with E-state index in [0.717, 1.165) is 57.2 Å². The van der Waals surface area contributed by atoms with Crippen molar-refractivity contribution in [3.8, 4) is 0 Å². The number of aromatic nitrogens is 1. The van der Waals surface area contributed by atoms with Crippen LogP contribution < -0.4 is 5.32 Å². The van der Waals surface area contributed by atoms with Gasteiger partial charge in [-0.15, -0.1) is 0 Å². The second-order valence-electron chi connectivity index (χ2n) is 9.58. The predicted molar refractivity (Wildman–Crippen MR) is 117 cm³/mol. The van der Waals surface area contributed by atoms with E-state index in [0.29, 0.717) is 34.7 Å². The molecule has 0 spiro atoms. The van der Waals surface area contributed by atoms with Crippen molar-refractivity contribution < 1.29 is 14.0 Å². The van der Waals surface area contributed by atoms with Gasteiger partial charge in [0.25, 0.3) is 5.91 Å². The van der Waals surface area contributed by atoms with Crippen LogP contribution in [0.1, 0.15) is 61.5 Å². The summed E-state index contributed by atoms with van der Waals surface area (Å²) in [5, 5.41) is 3.66. The lowest BCUT2D eigenvalue weighted by molar-refractivity contribution is -0.133. The molecular formula is C24H31FN4O2. The average molecular weight is 427 g/mol. The van der Waals surface area contributed by atoms with Crippen LogP contribution in [0.25, 0.3) is 10.9 Å². The molecule has 2 bridgehead atoms. The Balaban J connectivity index is 1.26. The van der Waals surface area contributed by atoms with Crippen molar-refractivity contribution in [3.63, 3.8) is 0 Å². The Morgan fingerprint density at radius 1 is 1.10 bits per heavy atom. The van der Waals surface area contributed by atoms with Gasteiger partial charge in [-0.1, -0.05) is 6.07 Å². The van der Waals surface area contributed by atoms with Gasteiger partial charge in [0.05, 0.1) is 5.52 Å². The fourth-order valence-electron chi connectivity index (χ4n) is 6.07. The Kier molecular flexibility index (Phi) is 5.24. The van der Waals surface area contributed by atoms with Crippen molar-refractivity contribution in [1.82, 2.24) is 20.1 Å². The van der Waals surface area contributed by atoms with Crippen LogP contribution in [0.5, 0.6) is 0 Å². The van der Waals surface area contributed by atoms with Crippen molar-refractivity contribution >= 4 is 22.7 Å². The minimum absolute atomic E-state index is 0.119. The number of amides is 2. The third-order valence-corrected chi connectivity index (χ3v) is 7.58. The van der Waals surface area contributed by atoms with Crippen molar-refractivity contribution in [3.05, 3.63) is 35.3 Å². The van der Waals surface area contributed by atoms with E-state index in [1.807, 2.05) is 11.8 Å². The van der Waals surface area contributed by atoms with Crippen molar-refractivity contribution in [2.24, 2.45) is 0 Å². The van der Waals surface area contributed by atoms with Gasteiger partial charge in [-0.2, -0.15) is 0 Å². The zero-order valence-corrected chi connectivity index (χ0v) is 18.3. The first-order chi connectivity index (χ1) is 14.9. The maximum atomic E-state index is 14.1. The number of piperazine rings is 1. The highest BCUT2D eigenvalue weighted by Crippen LogP contribution is 2.36. The van der Waals surface area contributed by atoms with E-state index in [1.54, 1.807) is 19.1 Å². The molecule has 31 heavy (non-hydrogen) atoms. The second kappa shape index (κ2) is 7.93. The van der Waals surface area contributed by atoms with Crippen LogP contribution in [0, 0.1) is 12.7 Å².